The standard InChI is InChI=1S/C23H31ClN4O3/c1-14(29)28-10-9-15(13-28)12-25-20-17(23(5,22(2,3)4)27-21(30)31)11-16-7-6-8-18(24)19(16)26-20/h6-8,11,15,27H,9-10,12-13H2,1-5H3,(H,25,26)(H,30,31). The highest BCUT2D eigenvalue weighted by atomic mass is 35.5. The van der Waals surface area contributed by atoms with Crippen LogP contribution in [0.1, 0.15) is 46.6 Å². The Morgan fingerprint density at radius 3 is 2.58 bits per heavy atom. The van der Waals surface area contributed by atoms with Gasteiger partial charge >= 0.3 is 6.09 Å². The maximum atomic E-state index is 11.7. The van der Waals surface area contributed by atoms with Crippen molar-refractivity contribution in [1.29, 1.82) is 0 Å². The first kappa shape index (κ1) is 23.1. The van der Waals surface area contributed by atoms with Crippen LogP contribution in [-0.2, 0) is 10.3 Å². The van der Waals surface area contributed by atoms with Gasteiger partial charge in [0.25, 0.3) is 0 Å². The second-order valence-corrected chi connectivity index (χ2v) is 9.91. The zero-order valence-corrected chi connectivity index (χ0v) is 19.5. The van der Waals surface area contributed by atoms with Crippen LogP contribution >= 0.6 is 11.6 Å². The van der Waals surface area contributed by atoms with Crippen molar-refractivity contribution in [2.24, 2.45) is 11.3 Å². The lowest BCUT2D eigenvalue weighted by atomic mass is 9.70. The molecule has 7 nitrogen and oxygen atoms in total. The maximum absolute atomic E-state index is 11.7. The molecule has 0 saturated carbocycles. The Morgan fingerprint density at radius 2 is 2.00 bits per heavy atom. The molecule has 1 aromatic carbocycles. The first-order valence-electron chi connectivity index (χ1n) is 10.5. The average molecular weight is 447 g/mol. The molecule has 2 unspecified atom stereocenters. The third kappa shape index (κ3) is 4.71. The Hall–Kier alpha value is -2.54. The van der Waals surface area contributed by atoms with Crippen LogP contribution < -0.4 is 10.6 Å². The van der Waals surface area contributed by atoms with Gasteiger partial charge in [0.2, 0.25) is 5.91 Å². The summed E-state index contributed by atoms with van der Waals surface area (Å²) in [5, 5.41) is 17.2. The number of aromatic nitrogens is 1. The Kier molecular flexibility index (Phi) is 6.37. The number of carbonyl (C=O) groups excluding carboxylic acids is 1. The Labute approximate surface area is 188 Å². The Balaban J connectivity index is 2.04. The minimum Gasteiger partial charge on any atom is -0.465 e. The molecule has 0 bridgehead atoms. The summed E-state index contributed by atoms with van der Waals surface area (Å²) >= 11 is 6.41. The number of nitrogens with zero attached hydrogens (tertiary/aromatic N) is 2. The van der Waals surface area contributed by atoms with Crippen LogP contribution in [0, 0.1) is 11.3 Å². The number of halogens is 1. The van der Waals surface area contributed by atoms with E-state index in [4.69, 9.17) is 16.6 Å². The Bertz CT molecular complexity index is 1000. The molecule has 31 heavy (non-hydrogen) atoms. The minimum absolute atomic E-state index is 0.0877. The smallest absolute Gasteiger partial charge is 0.405 e. The fraction of sp³-hybridized carbons (Fsp3) is 0.522. The van der Waals surface area contributed by atoms with Gasteiger partial charge in [0.15, 0.2) is 0 Å². The van der Waals surface area contributed by atoms with Gasteiger partial charge in [-0.05, 0) is 36.8 Å². The monoisotopic (exact) mass is 446 g/mol. The van der Waals surface area contributed by atoms with Gasteiger partial charge in [-0.2, -0.15) is 0 Å². The van der Waals surface area contributed by atoms with E-state index < -0.39 is 17.0 Å². The molecule has 1 aromatic heterocycles. The fourth-order valence-corrected chi connectivity index (χ4v) is 4.30. The number of hydrogen-bond acceptors (Lipinski definition) is 4. The molecule has 0 radical (unpaired) electrons. The normalized spacial score (nSPS) is 18.6. The second-order valence-electron chi connectivity index (χ2n) is 9.50. The molecular formula is C23H31ClN4O3. The number of carboxylic acid groups (broad SMARTS) is 1. The number of likely N-dealkylation sites (tertiary alicyclic amines) is 1. The van der Waals surface area contributed by atoms with Crippen LogP contribution in [0.2, 0.25) is 5.02 Å². The first-order valence-corrected chi connectivity index (χ1v) is 10.9. The van der Waals surface area contributed by atoms with Crippen molar-refractivity contribution in [2.45, 2.75) is 46.6 Å². The van der Waals surface area contributed by atoms with E-state index in [0.29, 0.717) is 35.4 Å². The van der Waals surface area contributed by atoms with Gasteiger partial charge in [0, 0.05) is 37.5 Å². The number of amides is 2. The van der Waals surface area contributed by atoms with Crippen LogP contribution in [0.4, 0.5) is 10.6 Å². The average Bonchev–Trinajstić information content (AvgIpc) is 3.14. The zero-order chi connectivity index (χ0) is 23.0. The maximum Gasteiger partial charge on any atom is 0.405 e. The van der Waals surface area contributed by atoms with Gasteiger partial charge in [-0.15, -0.1) is 0 Å². The van der Waals surface area contributed by atoms with Crippen LogP contribution in [0.5, 0.6) is 0 Å². The number of benzene rings is 1. The summed E-state index contributed by atoms with van der Waals surface area (Å²) in [6.07, 6.45) is -0.178. The van der Waals surface area contributed by atoms with Gasteiger partial charge in [0.05, 0.1) is 16.1 Å². The molecule has 0 spiro atoms. The molecule has 3 rings (SSSR count). The van der Waals surface area contributed by atoms with Crippen LogP contribution in [0.3, 0.4) is 0 Å². The van der Waals surface area contributed by atoms with Crippen molar-refractivity contribution in [3.63, 3.8) is 0 Å². The minimum atomic E-state index is -1.09. The highest BCUT2D eigenvalue weighted by molar-refractivity contribution is 6.35. The van der Waals surface area contributed by atoms with Crippen molar-refractivity contribution in [2.75, 3.05) is 25.0 Å². The summed E-state index contributed by atoms with van der Waals surface area (Å²) in [6, 6.07) is 7.54. The lowest BCUT2D eigenvalue weighted by Crippen LogP contribution is -2.52. The van der Waals surface area contributed by atoms with Gasteiger partial charge < -0.3 is 20.6 Å². The van der Waals surface area contributed by atoms with Crippen molar-refractivity contribution < 1.29 is 14.7 Å². The van der Waals surface area contributed by atoms with E-state index >= 15 is 0 Å². The molecule has 2 atom stereocenters. The zero-order valence-electron chi connectivity index (χ0n) is 18.8. The summed E-state index contributed by atoms with van der Waals surface area (Å²) in [5.41, 5.74) is 0.0812. The SMILES string of the molecule is CC(=O)N1CCC(CNc2nc3c(Cl)cccc3cc2C(C)(NC(=O)O)C(C)(C)C)C1. The molecular weight excluding hydrogens is 416 g/mol. The van der Waals surface area contributed by atoms with Crippen LogP contribution in [-0.4, -0.2) is 46.6 Å². The van der Waals surface area contributed by atoms with E-state index in [1.165, 1.54) is 0 Å². The van der Waals surface area contributed by atoms with Gasteiger partial charge in [-0.3, -0.25) is 4.79 Å². The quantitative estimate of drug-likeness (QED) is 0.618. The third-order valence-electron chi connectivity index (χ3n) is 6.48. The van der Waals surface area contributed by atoms with E-state index in [1.807, 2.05) is 50.8 Å². The van der Waals surface area contributed by atoms with Crippen molar-refractivity contribution in [3.8, 4) is 0 Å². The van der Waals surface area contributed by atoms with E-state index in [9.17, 15) is 14.7 Å². The molecule has 0 aliphatic carbocycles. The molecule has 3 N–H and O–H groups in total. The van der Waals surface area contributed by atoms with Gasteiger partial charge in [0.1, 0.15) is 5.82 Å². The number of fused-ring (bicyclic) bond motifs is 1. The Morgan fingerprint density at radius 1 is 1.29 bits per heavy atom. The topological polar surface area (TPSA) is 94.6 Å². The number of nitrogens with one attached hydrogen (secondary N) is 2. The van der Waals surface area contributed by atoms with E-state index in [0.717, 1.165) is 23.9 Å². The van der Waals surface area contributed by atoms with Crippen LogP contribution in [0.25, 0.3) is 10.9 Å². The molecule has 1 aliphatic heterocycles. The summed E-state index contributed by atoms with van der Waals surface area (Å²) in [4.78, 5) is 30.1. The number of hydrogen-bond donors (Lipinski definition) is 3. The molecule has 2 aromatic rings. The lowest BCUT2D eigenvalue weighted by Gasteiger charge is -2.43. The van der Waals surface area contributed by atoms with Crippen molar-refractivity contribution >= 4 is 40.3 Å². The summed E-state index contributed by atoms with van der Waals surface area (Å²) in [7, 11) is 0. The summed E-state index contributed by atoms with van der Waals surface area (Å²) in [5.74, 6) is 0.992. The third-order valence-corrected chi connectivity index (χ3v) is 6.79. The molecule has 1 saturated heterocycles. The number of para-hydroxylation sites is 1. The number of rotatable bonds is 5. The molecule has 2 heterocycles. The summed E-state index contributed by atoms with van der Waals surface area (Å²) in [6.45, 7) is 11.6. The number of carbonyl (C=O) groups is 2. The molecule has 8 heteroatoms. The molecule has 1 aliphatic rings. The molecule has 1 fully saturated rings. The largest absolute Gasteiger partial charge is 0.465 e. The molecule has 168 valence electrons. The first-order chi connectivity index (χ1) is 14.4. The van der Waals surface area contributed by atoms with E-state index in [2.05, 4.69) is 10.6 Å². The van der Waals surface area contributed by atoms with Gasteiger partial charge in [-0.1, -0.05) is 44.5 Å². The van der Waals surface area contributed by atoms with Crippen molar-refractivity contribution in [1.82, 2.24) is 15.2 Å². The molecule has 2 amide bonds. The number of pyridine rings is 1. The van der Waals surface area contributed by atoms with Crippen LogP contribution in [0.15, 0.2) is 24.3 Å². The van der Waals surface area contributed by atoms with E-state index in [1.54, 1.807) is 13.0 Å². The van der Waals surface area contributed by atoms with Crippen molar-refractivity contribution in [3.05, 3.63) is 34.9 Å². The predicted octanol–water partition coefficient (Wildman–Crippen LogP) is 4.70. The van der Waals surface area contributed by atoms with Gasteiger partial charge in [-0.25, -0.2) is 9.78 Å². The fourth-order valence-electron chi connectivity index (χ4n) is 4.08. The van der Waals surface area contributed by atoms with E-state index in [-0.39, 0.29) is 5.91 Å². The number of anilines is 1. The highest BCUT2D eigenvalue weighted by Crippen LogP contribution is 2.43. The predicted molar refractivity (Wildman–Crippen MR) is 124 cm³/mol. The highest BCUT2D eigenvalue weighted by Gasteiger charge is 2.43. The second kappa shape index (κ2) is 8.54. The summed E-state index contributed by atoms with van der Waals surface area (Å²) < 4.78 is 0. The lowest BCUT2D eigenvalue weighted by molar-refractivity contribution is -0.127.